The molecule has 3 heterocycles. The van der Waals surface area contributed by atoms with Gasteiger partial charge >= 0.3 is 35.1 Å². The van der Waals surface area contributed by atoms with Crippen molar-refractivity contribution in [2.24, 2.45) is 0 Å². The minimum atomic E-state index is -0.635. The molecule has 0 bridgehead atoms. The van der Waals surface area contributed by atoms with Crippen LogP contribution in [0.2, 0.25) is 0 Å². The first-order valence-electron chi connectivity index (χ1n) is 6.07. The zero-order chi connectivity index (χ0) is 14.7. The van der Waals surface area contributed by atoms with Gasteiger partial charge in [0.1, 0.15) is 5.82 Å². The smallest absolute Gasteiger partial charge is 0.305 e. The van der Waals surface area contributed by atoms with Gasteiger partial charge in [0.25, 0.3) is 5.91 Å². The van der Waals surface area contributed by atoms with Crippen molar-refractivity contribution in [1.82, 2.24) is 25.0 Å². The van der Waals surface area contributed by atoms with Crippen LogP contribution in [0.5, 0.6) is 0 Å². The van der Waals surface area contributed by atoms with Crippen LogP contribution in [0.3, 0.4) is 0 Å². The number of nitrogens with zero attached hydrogens (tertiary/aromatic N) is 4. The minimum absolute atomic E-state index is 0. The van der Waals surface area contributed by atoms with E-state index in [0.717, 1.165) is 4.68 Å². The minimum Gasteiger partial charge on any atom is -0.305 e. The van der Waals surface area contributed by atoms with E-state index in [1.54, 1.807) is 36.4 Å². The van der Waals surface area contributed by atoms with Gasteiger partial charge in [-0.2, -0.15) is 4.68 Å². The van der Waals surface area contributed by atoms with E-state index in [-0.39, 0.29) is 35.3 Å². The number of hydrogen-bond acceptors (Lipinski definition) is 5. The normalized spacial score (nSPS) is 9.82. The van der Waals surface area contributed by atoms with Gasteiger partial charge < -0.3 is 5.32 Å². The van der Waals surface area contributed by atoms with E-state index >= 15 is 0 Å². The fourth-order valence-corrected chi connectivity index (χ4v) is 1.70. The first-order valence-corrected chi connectivity index (χ1v) is 6.07. The van der Waals surface area contributed by atoms with Crippen LogP contribution in [0.25, 0.3) is 5.82 Å². The fraction of sp³-hybridized carbons (Fsp3) is 0. The summed E-state index contributed by atoms with van der Waals surface area (Å²) in [6.07, 6.45) is 3.07. The Morgan fingerprint density at radius 2 is 1.82 bits per heavy atom. The van der Waals surface area contributed by atoms with Crippen molar-refractivity contribution in [1.29, 1.82) is 0 Å². The molecule has 1 amide bonds. The summed E-state index contributed by atoms with van der Waals surface area (Å²) < 4.78 is 1.09. The van der Waals surface area contributed by atoms with Crippen molar-refractivity contribution >= 4 is 11.7 Å². The molecule has 0 aliphatic heterocycles. The topological polar surface area (TPSA) is 106 Å². The van der Waals surface area contributed by atoms with Gasteiger partial charge in [-0.25, -0.2) is 15.2 Å². The van der Waals surface area contributed by atoms with Crippen molar-refractivity contribution in [3.05, 3.63) is 64.8 Å². The van der Waals surface area contributed by atoms with Gasteiger partial charge in [-0.3, -0.25) is 9.59 Å². The van der Waals surface area contributed by atoms with Crippen molar-refractivity contribution in [2.75, 3.05) is 5.32 Å². The molecule has 104 valence electrons. The maximum absolute atomic E-state index is 12.1. The number of aromatic nitrogens is 5. The van der Waals surface area contributed by atoms with Gasteiger partial charge in [-0.15, -0.1) is 5.10 Å². The van der Waals surface area contributed by atoms with Crippen LogP contribution in [0.1, 0.15) is 10.5 Å². The molecule has 0 radical (unpaired) electrons. The second kappa shape index (κ2) is 7.12. The first-order chi connectivity index (χ1) is 10.3. The zero-order valence-electron chi connectivity index (χ0n) is 11.7. The summed E-state index contributed by atoms with van der Waals surface area (Å²) in [5.74, 6) is 0.0609. The number of carbonyl (C=O) groups is 1. The molecule has 0 fully saturated rings. The number of carbonyl (C=O) groups excluding carboxylic acids is 1. The average Bonchev–Trinajstić information content (AvgIpc) is 2.91. The number of nitrogens with one attached hydrogen (secondary N) is 2. The summed E-state index contributed by atoms with van der Waals surface area (Å²) in [7, 11) is 0. The molecule has 0 spiro atoms. The van der Waals surface area contributed by atoms with Gasteiger partial charge in [0, 0.05) is 12.4 Å². The molecule has 3 rings (SSSR count). The van der Waals surface area contributed by atoms with Gasteiger partial charge in [-0.1, -0.05) is 12.1 Å². The Labute approximate surface area is 146 Å². The van der Waals surface area contributed by atoms with Crippen molar-refractivity contribution in [2.45, 2.75) is 0 Å². The summed E-state index contributed by atoms with van der Waals surface area (Å²) in [6.45, 7) is 0. The molecule has 0 aliphatic carbocycles. The summed E-state index contributed by atoms with van der Waals surface area (Å²) >= 11 is 0. The zero-order valence-corrected chi connectivity index (χ0v) is 13.7. The molecule has 0 aromatic carbocycles. The van der Waals surface area contributed by atoms with Crippen molar-refractivity contribution < 1.29 is 34.4 Å². The van der Waals surface area contributed by atoms with Gasteiger partial charge in [-0.05, 0) is 24.3 Å². The van der Waals surface area contributed by atoms with Crippen LogP contribution >= 0.6 is 0 Å². The molecule has 0 unspecified atom stereocenters. The number of H-pyrrole nitrogens is 1. The Balaban J connectivity index is 0.00000176. The van der Waals surface area contributed by atoms with Crippen LogP contribution in [0.4, 0.5) is 5.82 Å². The second-order valence-electron chi connectivity index (χ2n) is 4.06. The summed E-state index contributed by atoms with van der Waals surface area (Å²) in [4.78, 5) is 32.1. The molecular weight excluding hydrogens is 295 g/mol. The third-order valence-corrected chi connectivity index (χ3v) is 2.67. The number of aromatic amines is 1. The number of pyridine rings is 2. The summed E-state index contributed by atoms with van der Waals surface area (Å²) in [5, 5.41) is 8.70. The molecule has 0 atom stereocenters. The number of rotatable bonds is 3. The maximum atomic E-state index is 12.1. The van der Waals surface area contributed by atoms with Crippen LogP contribution in [-0.2, 0) is 0 Å². The van der Waals surface area contributed by atoms with Gasteiger partial charge in [0.2, 0.25) is 5.69 Å². The van der Waals surface area contributed by atoms with Crippen LogP contribution in [-0.4, -0.2) is 30.9 Å². The third-order valence-electron chi connectivity index (χ3n) is 2.67. The monoisotopic (exact) mass is 305 g/mol. The Bertz CT molecular complexity index is 815. The van der Waals surface area contributed by atoms with Crippen molar-refractivity contribution in [3.63, 3.8) is 0 Å². The van der Waals surface area contributed by atoms with E-state index in [1.807, 2.05) is 0 Å². The first kappa shape index (κ1) is 16.1. The average molecular weight is 305 g/mol. The predicted octanol–water partition coefficient (Wildman–Crippen LogP) is -2.39. The largest absolute Gasteiger partial charge is 1.00 e. The molecular formula is C13H10N6NaO2+. The Morgan fingerprint density at radius 1 is 1.09 bits per heavy atom. The molecule has 0 saturated heterocycles. The number of hydrogen-bond donors (Lipinski definition) is 2. The molecule has 3 aromatic heterocycles. The summed E-state index contributed by atoms with van der Waals surface area (Å²) in [6, 6.07) is 10.1. The van der Waals surface area contributed by atoms with Crippen LogP contribution in [0.15, 0.2) is 53.6 Å². The second-order valence-corrected chi connectivity index (χ2v) is 4.06. The van der Waals surface area contributed by atoms with Crippen LogP contribution < -0.4 is 40.4 Å². The van der Waals surface area contributed by atoms with Gasteiger partial charge in [0.05, 0.1) is 0 Å². The van der Waals surface area contributed by atoms with E-state index in [4.69, 9.17) is 0 Å². The number of anilines is 1. The van der Waals surface area contributed by atoms with E-state index in [2.05, 4.69) is 25.6 Å². The Hall–Kier alpha value is -2.29. The molecule has 3 aromatic rings. The quantitative estimate of drug-likeness (QED) is 0.525. The van der Waals surface area contributed by atoms with E-state index in [0.29, 0.717) is 11.6 Å². The van der Waals surface area contributed by atoms with E-state index in [9.17, 15) is 9.59 Å². The standard InChI is InChI=1S/C13H10N6O2.Na/c20-12(16-9-5-1-3-7-14-9)11-13(21)19(18-17-11)10-6-2-4-8-15-10;/h1-8,18H,(H,14,16,20);/q;+1. The Morgan fingerprint density at radius 3 is 2.45 bits per heavy atom. The Kier molecular flexibility index (Phi) is 5.21. The molecule has 0 aliphatic rings. The van der Waals surface area contributed by atoms with Crippen molar-refractivity contribution in [3.8, 4) is 5.82 Å². The maximum Gasteiger partial charge on any atom is 1.00 e. The predicted molar refractivity (Wildman–Crippen MR) is 74.2 cm³/mol. The molecule has 2 N–H and O–H groups in total. The molecule has 9 heteroatoms. The SMILES string of the molecule is O=C(Nc1ccccn1)c1n[nH]n(-c2ccccn2)c1=O.[Na+]. The molecule has 0 saturated carbocycles. The fourth-order valence-electron chi connectivity index (χ4n) is 1.70. The van der Waals surface area contributed by atoms with Crippen LogP contribution in [0, 0.1) is 0 Å². The number of amides is 1. The van der Waals surface area contributed by atoms with E-state index in [1.165, 1.54) is 12.4 Å². The third kappa shape index (κ3) is 3.30. The molecule has 22 heavy (non-hydrogen) atoms. The van der Waals surface area contributed by atoms with Gasteiger partial charge in [0.15, 0.2) is 5.82 Å². The molecule has 8 nitrogen and oxygen atoms in total. The van der Waals surface area contributed by atoms with E-state index < -0.39 is 11.5 Å². The summed E-state index contributed by atoms with van der Waals surface area (Å²) in [5.41, 5.74) is -0.839.